The Morgan fingerprint density at radius 1 is 1.69 bits per heavy atom. The minimum Gasteiger partial charge on any atom is -0.383 e. The molecule has 1 aliphatic rings. The second-order valence-electron chi connectivity index (χ2n) is 3.35. The van der Waals surface area contributed by atoms with E-state index in [1.807, 2.05) is 4.90 Å². The fourth-order valence-electron chi connectivity index (χ4n) is 1.69. The predicted octanol–water partition coefficient (Wildman–Crippen LogP) is -0.157. The van der Waals surface area contributed by atoms with Crippen molar-refractivity contribution in [1.82, 2.24) is 10.2 Å². The quantitative estimate of drug-likeness (QED) is 0.663. The largest absolute Gasteiger partial charge is 0.383 e. The van der Waals surface area contributed by atoms with Crippen LogP contribution in [0.3, 0.4) is 0 Å². The lowest BCUT2D eigenvalue weighted by atomic mass is 10.2. The Labute approximate surface area is 79.2 Å². The molecule has 0 bridgehead atoms. The van der Waals surface area contributed by atoms with E-state index in [2.05, 4.69) is 5.32 Å². The third-order valence-electron chi connectivity index (χ3n) is 2.42. The van der Waals surface area contributed by atoms with E-state index >= 15 is 0 Å². The summed E-state index contributed by atoms with van der Waals surface area (Å²) in [7, 11) is 1.66. The Morgan fingerprint density at radius 3 is 2.92 bits per heavy atom. The molecule has 1 heterocycles. The van der Waals surface area contributed by atoms with Gasteiger partial charge in [-0.05, 0) is 13.0 Å². The molecule has 1 fully saturated rings. The molecule has 0 aromatic rings. The Hall–Kier alpha value is -0.610. The minimum absolute atomic E-state index is 0.144. The second-order valence-corrected chi connectivity index (χ2v) is 3.35. The first-order valence-corrected chi connectivity index (χ1v) is 4.72. The normalized spacial score (nSPS) is 21.8. The van der Waals surface area contributed by atoms with Gasteiger partial charge in [0.25, 0.3) is 0 Å². The van der Waals surface area contributed by atoms with Gasteiger partial charge in [-0.1, -0.05) is 0 Å². The van der Waals surface area contributed by atoms with Crippen molar-refractivity contribution in [2.75, 3.05) is 33.4 Å². The number of nitrogens with zero attached hydrogens (tertiary/aromatic N) is 1. The average Bonchev–Trinajstić information content (AvgIpc) is 2.57. The molecule has 76 valence electrons. The Kier molecular flexibility index (Phi) is 4.18. The van der Waals surface area contributed by atoms with Crippen LogP contribution in [0.1, 0.15) is 13.3 Å². The summed E-state index contributed by atoms with van der Waals surface area (Å²) in [5.74, 6) is 0.144. The summed E-state index contributed by atoms with van der Waals surface area (Å²) in [5, 5.41) is 3.25. The number of rotatable bonds is 4. The number of carbonyl (C=O) groups is 1. The third-order valence-corrected chi connectivity index (χ3v) is 2.42. The summed E-state index contributed by atoms with van der Waals surface area (Å²) in [6, 6.07) is 0.368. The second kappa shape index (κ2) is 5.19. The topological polar surface area (TPSA) is 41.6 Å². The zero-order valence-corrected chi connectivity index (χ0v) is 8.38. The number of amides is 1. The van der Waals surface area contributed by atoms with Crippen LogP contribution in [-0.2, 0) is 9.53 Å². The van der Waals surface area contributed by atoms with Crippen LogP contribution in [0.15, 0.2) is 0 Å². The van der Waals surface area contributed by atoms with Gasteiger partial charge in [-0.2, -0.15) is 0 Å². The van der Waals surface area contributed by atoms with Crippen LogP contribution in [-0.4, -0.2) is 50.2 Å². The molecule has 1 N–H and O–H groups in total. The average molecular weight is 186 g/mol. The molecule has 1 aliphatic heterocycles. The predicted molar refractivity (Wildman–Crippen MR) is 50.5 cm³/mol. The first-order chi connectivity index (χ1) is 6.25. The number of nitrogens with one attached hydrogen (secondary N) is 1. The van der Waals surface area contributed by atoms with E-state index in [0.717, 1.165) is 19.5 Å². The number of methoxy groups -OCH3 is 1. The maximum Gasteiger partial charge on any atom is 0.219 e. The number of hydrogen-bond donors (Lipinski definition) is 1. The first-order valence-electron chi connectivity index (χ1n) is 4.72. The Morgan fingerprint density at radius 2 is 2.46 bits per heavy atom. The summed E-state index contributed by atoms with van der Waals surface area (Å²) in [5.41, 5.74) is 0. The first kappa shape index (κ1) is 10.5. The van der Waals surface area contributed by atoms with Gasteiger partial charge in [-0.15, -0.1) is 0 Å². The van der Waals surface area contributed by atoms with Gasteiger partial charge in [0.2, 0.25) is 5.91 Å². The molecule has 4 nitrogen and oxygen atoms in total. The molecule has 1 rings (SSSR count). The molecule has 13 heavy (non-hydrogen) atoms. The van der Waals surface area contributed by atoms with Gasteiger partial charge in [0.15, 0.2) is 0 Å². The Bertz CT molecular complexity index is 167. The third kappa shape index (κ3) is 2.97. The highest BCUT2D eigenvalue weighted by atomic mass is 16.5. The molecule has 1 amide bonds. The smallest absolute Gasteiger partial charge is 0.219 e. The summed E-state index contributed by atoms with van der Waals surface area (Å²) < 4.78 is 4.97. The molecule has 0 aromatic carbocycles. The number of carbonyl (C=O) groups excluding carboxylic acids is 1. The van der Waals surface area contributed by atoms with E-state index in [-0.39, 0.29) is 5.91 Å². The zero-order chi connectivity index (χ0) is 9.68. The standard InChI is InChI=1S/C9H18N2O2/c1-8(12)11(5-6-13-2)9-3-4-10-7-9/h9-10H,3-7H2,1-2H3. The molecule has 0 spiro atoms. The highest BCUT2D eigenvalue weighted by Crippen LogP contribution is 2.08. The van der Waals surface area contributed by atoms with Gasteiger partial charge < -0.3 is 15.0 Å². The fraction of sp³-hybridized carbons (Fsp3) is 0.889. The van der Waals surface area contributed by atoms with Crippen LogP contribution in [0.25, 0.3) is 0 Å². The molecule has 1 unspecified atom stereocenters. The van der Waals surface area contributed by atoms with Crippen molar-refractivity contribution in [1.29, 1.82) is 0 Å². The van der Waals surface area contributed by atoms with E-state index in [0.29, 0.717) is 19.2 Å². The van der Waals surface area contributed by atoms with Crippen molar-refractivity contribution >= 4 is 5.91 Å². The van der Waals surface area contributed by atoms with E-state index in [4.69, 9.17) is 4.74 Å². The molecule has 0 radical (unpaired) electrons. The molecule has 0 aromatic heterocycles. The van der Waals surface area contributed by atoms with E-state index in [9.17, 15) is 4.79 Å². The van der Waals surface area contributed by atoms with Gasteiger partial charge >= 0.3 is 0 Å². The van der Waals surface area contributed by atoms with Crippen molar-refractivity contribution < 1.29 is 9.53 Å². The van der Waals surface area contributed by atoms with E-state index in [1.54, 1.807) is 14.0 Å². The van der Waals surface area contributed by atoms with Gasteiger partial charge in [0, 0.05) is 33.2 Å². The van der Waals surface area contributed by atoms with E-state index in [1.165, 1.54) is 0 Å². The number of hydrogen-bond acceptors (Lipinski definition) is 3. The zero-order valence-electron chi connectivity index (χ0n) is 8.38. The van der Waals surface area contributed by atoms with Crippen LogP contribution in [0, 0.1) is 0 Å². The lowest BCUT2D eigenvalue weighted by Crippen LogP contribution is -2.42. The van der Waals surface area contributed by atoms with Gasteiger partial charge in [-0.25, -0.2) is 0 Å². The maximum atomic E-state index is 11.3. The maximum absolute atomic E-state index is 11.3. The van der Waals surface area contributed by atoms with Crippen LogP contribution in [0.2, 0.25) is 0 Å². The summed E-state index contributed by atoms with van der Waals surface area (Å²) in [4.78, 5) is 13.2. The molecule has 0 aliphatic carbocycles. The van der Waals surface area contributed by atoms with Crippen LogP contribution in [0.5, 0.6) is 0 Å². The SMILES string of the molecule is COCCN(C(C)=O)C1CCNC1. The highest BCUT2D eigenvalue weighted by molar-refractivity contribution is 5.73. The molecule has 1 saturated heterocycles. The molecular weight excluding hydrogens is 168 g/mol. The lowest BCUT2D eigenvalue weighted by molar-refractivity contribution is -0.131. The van der Waals surface area contributed by atoms with Crippen molar-refractivity contribution in [2.24, 2.45) is 0 Å². The molecular formula is C9H18N2O2. The Balaban J connectivity index is 2.40. The lowest BCUT2D eigenvalue weighted by Gasteiger charge is -2.26. The summed E-state index contributed by atoms with van der Waals surface area (Å²) in [6.45, 7) is 4.88. The van der Waals surface area contributed by atoms with Gasteiger partial charge in [0.1, 0.15) is 0 Å². The summed E-state index contributed by atoms with van der Waals surface area (Å²) in [6.07, 6.45) is 1.06. The van der Waals surface area contributed by atoms with Crippen molar-refractivity contribution in [3.05, 3.63) is 0 Å². The molecule has 4 heteroatoms. The van der Waals surface area contributed by atoms with Crippen molar-refractivity contribution in [2.45, 2.75) is 19.4 Å². The molecule has 0 saturated carbocycles. The monoisotopic (exact) mass is 186 g/mol. The fourth-order valence-corrected chi connectivity index (χ4v) is 1.69. The van der Waals surface area contributed by atoms with Gasteiger partial charge in [0.05, 0.1) is 6.61 Å². The van der Waals surface area contributed by atoms with Crippen LogP contribution >= 0.6 is 0 Å². The van der Waals surface area contributed by atoms with Crippen LogP contribution < -0.4 is 5.32 Å². The van der Waals surface area contributed by atoms with Gasteiger partial charge in [-0.3, -0.25) is 4.79 Å². The molecule has 1 atom stereocenters. The van der Waals surface area contributed by atoms with Crippen molar-refractivity contribution in [3.63, 3.8) is 0 Å². The summed E-state index contributed by atoms with van der Waals surface area (Å²) >= 11 is 0. The minimum atomic E-state index is 0.144. The van der Waals surface area contributed by atoms with Crippen LogP contribution in [0.4, 0.5) is 0 Å². The highest BCUT2D eigenvalue weighted by Gasteiger charge is 2.23. The number of ether oxygens (including phenoxy) is 1. The van der Waals surface area contributed by atoms with Crippen molar-refractivity contribution in [3.8, 4) is 0 Å². The van der Waals surface area contributed by atoms with E-state index < -0.39 is 0 Å².